The first-order chi connectivity index (χ1) is 14.2. The molecule has 1 aromatic carbocycles. The lowest BCUT2D eigenvalue weighted by atomic mass is 9.68. The minimum atomic E-state index is -0.773. The highest BCUT2D eigenvalue weighted by Gasteiger charge is 2.63. The Labute approximate surface area is 177 Å². The number of carbonyl (C=O) groups excluding carboxylic acids is 3. The topological polar surface area (TPSA) is 76.2 Å². The number of likely N-dealkylation sites (tertiary alicyclic amines) is 1. The van der Waals surface area contributed by atoms with Gasteiger partial charge in [0.1, 0.15) is 18.1 Å². The van der Waals surface area contributed by atoms with Crippen molar-refractivity contribution in [1.29, 1.82) is 0 Å². The van der Waals surface area contributed by atoms with Gasteiger partial charge in [0.2, 0.25) is 0 Å². The van der Waals surface area contributed by atoms with Crippen molar-refractivity contribution in [2.24, 2.45) is 5.92 Å². The summed E-state index contributed by atoms with van der Waals surface area (Å²) in [5.41, 5.74) is 0.446. The SMILES string of the molecule is C=CCN1c2ccccc2[C@]2([C@@H](CC=O)C(=O)OC)CCN(C(=O)OC(C)(C)C)[C@H]12. The van der Waals surface area contributed by atoms with E-state index in [2.05, 4.69) is 11.5 Å². The molecule has 3 atom stereocenters. The van der Waals surface area contributed by atoms with Crippen LogP contribution in [0, 0.1) is 5.92 Å². The summed E-state index contributed by atoms with van der Waals surface area (Å²) in [7, 11) is 1.33. The van der Waals surface area contributed by atoms with Crippen LogP contribution >= 0.6 is 0 Å². The van der Waals surface area contributed by atoms with Gasteiger partial charge in [0.15, 0.2) is 0 Å². The Morgan fingerprint density at radius 1 is 1.33 bits per heavy atom. The number of fused-ring (bicyclic) bond motifs is 3. The van der Waals surface area contributed by atoms with Gasteiger partial charge in [-0.05, 0) is 38.8 Å². The van der Waals surface area contributed by atoms with E-state index in [9.17, 15) is 14.4 Å². The maximum atomic E-state index is 13.1. The second-order valence-electron chi connectivity index (χ2n) is 8.77. The van der Waals surface area contributed by atoms with Crippen LogP contribution in [0.15, 0.2) is 36.9 Å². The third-order valence-electron chi connectivity index (χ3n) is 5.93. The normalized spacial score (nSPS) is 23.4. The zero-order valence-electron chi connectivity index (χ0n) is 18.1. The summed E-state index contributed by atoms with van der Waals surface area (Å²) < 4.78 is 10.8. The molecule has 162 valence electrons. The molecule has 0 radical (unpaired) electrons. The molecule has 3 rings (SSSR count). The number of esters is 1. The van der Waals surface area contributed by atoms with Crippen LogP contribution in [0.25, 0.3) is 0 Å². The smallest absolute Gasteiger partial charge is 0.411 e. The average Bonchev–Trinajstić information content (AvgIpc) is 3.20. The molecule has 7 nitrogen and oxygen atoms in total. The van der Waals surface area contributed by atoms with Gasteiger partial charge in [-0.3, -0.25) is 9.69 Å². The predicted molar refractivity (Wildman–Crippen MR) is 113 cm³/mol. The van der Waals surface area contributed by atoms with E-state index in [0.717, 1.165) is 17.5 Å². The molecule has 0 unspecified atom stereocenters. The maximum absolute atomic E-state index is 13.1. The molecule has 2 aliphatic heterocycles. The number of rotatable bonds is 6. The molecular weight excluding hydrogens is 384 g/mol. The van der Waals surface area contributed by atoms with Crippen molar-refractivity contribution in [3.63, 3.8) is 0 Å². The lowest BCUT2D eigenvalue weighted by Gasteiger charge is -2.40. The third kappa shape index (κ3) is 3.46. The van der Waals surface area contributed by atoms with Crippen LogP contribution in [0.1, 0.15) is 39.2 Å². The molecule has 0 bridgehead atoms. The number of hydrogen-bond acceptors (Lipinski definition) is 6. The number of para-hydroxylation sites is 1. The van der Waals surface area contributed by atoms with Gasteiger partial charge in [-0.25, -0.2) is 4.79 Å². The molecule has 1 aromatic rings. The van der Waals surface area contributed by atoms with Crippen LogP contribution < -0.4 is 4.90 Å². The van der Waals surface area contributed by atoms with Crippen molar-refractivity contribution < 1.29 is 23.9 Å². The molecule has 0 N–H and O–H groups in total. The van der Waals surface area contributed by atoms with Crippen LogP contribution in [-0.2, 0) is 24.5 Å². The summed E-state index contributed by atoms with van der Waals surface area (Å²) in [5, 5.41) is 0. The zero-order valence-corrected chi connectivity index (χ0v) is 18.1. The van der Waals surface area contributed by atoms with Gasteiger partial charge in [-0.1, -0.05) is 24.3 Å². The molecule has 0 aromatic heterocycles. The Balaban J connectivity index is 2.18. The number of benzene rings is 1. The molecule has 0 spiro atoms. The van der Waals surface area contributed by atoms with Crippen LogP contribution in [0.4, 0.5) is 10.5 Å². The highest BCUT2D eigenvalue weighted by Crippen LogP contribution is 2.57. The number of methoxy groups -OCH3 is 1. The number of ether oxygens (including phenoxy) is 2. The highest BCUT2D eigenvalue weighted by molar-refractivity contribution is 5.82. The lowest BCUT2D eigenvalue weighted by Crippen LogP contribution is -2.56. The second kappa shape index (κ2) is 8.13. The third-order valence-corrected chi connectivity index (χ3v) is 5.93. The quantitative estimate of drug-likeness (QED) is 0.404. The van der Waals surface area contributed by atoms with Crippen molar-refractivity contribution in [1.82, 2.24) is 4.90 Å². The number of amides is 1. The fourth-order valence-electron chi connectivity index (χ4n) is 4.95. The molecule has 1 saturated heterocycles. The van der Waals surface area contributed by atoms with Gasteiger partial charge in [0.05, 0.1) is 18.4 Å². The van der Waals surface area contributed by atoms with E-state index in [1.807, 2.05) is 45.0 Å². The van der Waals surface area contributed by atoms with E-state index >= 15 is 0 Å². The summed E-state index contributed by atoms with van der Waals surface area (Å²) in [6.07, 6.45) is 2.14. The van der Waals surface area contributed by atoms with Gasteiger partial charge >= 0.3 is 12.1 Å². The van der Waals surface area contributed by atoms with Gasteiger partial charge in [-0.2, -0.15) is 0 Å². The predicted octanol–water partition coefficient (Wildman–Crippen LogP) is 3.28. The summed E-state index contributed by atoms with van der Waals surface area (Å²) in [4.78, 5) is 41.3. The minimum Gasteiger partial charge on any atom is -0.469 e. The van der Waals surface area contributed by atoms with E-state index in [1.54, 1.807) is 11.0 Å². The van der Waals surface area contributed by atoms with Gasteiger partial charge in [0.25, 0.3) is 0 Å². The summed E-state index contributed by atoms with van der Waals surface area (Å²) in [6, 6.07) is 7.79. The summed E-state index contributed by atoms with van der Waals surface area (Å²) in [5.74, 6) is -1.17. The zero-order chi connectivity index (χ0) is 22.1. The summed E-state index contributed by atoms with van der Waals surface area (Å²) in [6.45, 7) is 10.2. The summed E-state index contributed by atoms with van der Waals surface area (Å²) >= 11 is 0. The van der Waals surface area contributed by atoms with E-state index in [1.165, 1.54) is 7.11 Å². The van der Waals surface area contributed by atoms with Crippen LogP contribution in [0.2, 0.25) is 0 Å². The molecule has 2 heterocycles. The Kier molecular flexibility index (Phi) is 5.92. The lowest BCUT2D eigenvalue weighted by molar-refractivity contribution is -0.149. The van der Waals surface area contributed by atoms with Crippen molar-refractivity contribution in [3.05, 3.63) is 42.5 Å². The van der Waals surface area contributed by atoms with Crippen LogP contribution in [0.5, 0.6) is 0 Å². The average molecular weight is 415 g/mol. The number of carbonyl (C=O) groups is 3. The van der Waals surface area contributed by atoms with Crippen LogP contribution in [0.3, 0.4) is 0 Å². The Hall–Kier alpha value is -2.83. The fraction of sp³-hybridized carbons (Fsp3) is 0.522. The van der Waals surface area contributed by atoms with Crippen LogP contribution in [-0.4, -0.2) is 55.2 Å². The Bertz CT molecular complexity index is 846. The number of anilines is 1. The Morgan fingerprint density at radius 2 is 2.03 bits per heavy atom. The second-order valence-corrected chi connectivity index (χ2v) is 8.77. The molecule has 7 heteroatoms. The largest absolute Gasteiger partial charge is 0.469 e. The molecule has 0 aliphatic carbocycles. The monoisotopic (exact) mass is 414 g/mol. The maximum Gasteiger partial charge on any atom is 0.411 e. The first-order valence-electron chi connectivity index (χ1n) is 10.2. The van der Waals surface area contributed by atoms with Gasteiger partial charge < -0.3 is 19.2 Å². The van der Waals surface area contributed by atoms with E-state index in [4.69, 9.17) is 9.47 Å². The molecule has 0 saturated carbocycles. The van der Waals surface area contributed by atoms with Crippen molar-refractivity contribution in [2.45, 2.75) is 50.8 Å². The minimum absolute atomic E-state index is 0.0155. The highest BCUT2D eigenvalue weighted by atomic mass is 16.6. The van der Waals surface area contributed by atoms with E-state index < -0.39 is 35.2 Å². The van der Waals surface area contributed by atoms with Gasteiger partial charge in [-0.15, -0.1) is 6.58 Å². The molecular formula is C23H30N2O5. The van der Waals surface area contributed by atoms with Gasteiger partial charge in [0, 0.05) is 25.2 Å². The Morgan fingerprint density at radius 3 is 2.63 bits per heavy atom. The number of hydrogen-bond donors (Lipinski definition) is 0. The first-order valence-corrected chi connectivity index (χ1v) is 10.2. The standard InChI is InChI=1S/C23H30N2O5/c1-6-13-24-18-10-8-7-9-16(18)23(17(11-15-26)19(27)29-5)12-14-25(20(23)24)21(28)30-22(2,3)4/h6-10,15,17,20H,1,11-14H2,2-5H3/t17-,20-,23-/m0/s1. The van der Waals surface area contributed by atoms with E-state index in [0.29, 0.717) is 19.5 Å². The van der Waals surface area contributed by atoms with E-state index in [-0.39, 0.29) is 6.42 Å². The molecule has 1 fully saturated rings. The number of nitrogens with zero attached hydrogens (tertiary/aromatic N) is 2. The van der Waals surface area contributed by atoms with Crippen molar-refractivity contribution in [3.8, 4) is 0 Å². The molecule has 1 amide bonds. The molecule has 2 aliphatic rings. The van der Waals surface area contributed by atoms with Crippen molar-refractivity contribution in [2.75, 3.05) is 25.1 Å². The molecule has 30 heavy (non-hydrogen) atoms. The fourth-order valence-corrected chi connectivity index (χ4v) is 4.95. The number of aldehydes is 1. The first kappa shape index (κ1) is 21.9. The van der Waals surface area contributed by atoms with Crippen molar-refractivity contribution >= 4 is 24.0 Å².